The van der Waals surface area contributed by atoms with Crippen molar-refractivity contribution in [1.82, 2.24) is 15.1 Å². The number of halogens is 4. The second kappa shape index (κ2) is 11.3. The highest BCUT2D eigenvalue weighted by atomic mass is 19.4. The third-order valence-electron chi connectivity index (χ3n) is 5.74. The first kappa shape index (κ1) is 25.5. The lowest BCUT2D eigenvalue weighted by Gasteiger charge is -2.36. The number of nitrogens with one attached hydrogen (secondary N) is 1. The maximum Gasteiger partial charge on any atom is 0.416 e. The van der Waals surface area contributed by atoms with Crippen molar-refractivity contribution in [3.63, 3.8) is 0 Å². The predicted molar refractivity (Wildman–Crippen MR) is 121 cm³/mol. The number of carbonyl (C=O) groups is 2. The van der Waals surface area contributed by atoms with E-state index in [9.17, 15) is 27.2 Å². The SMILES string of the molecule is CCN(CC(=O)NCc1ccc(F)cc1)C(=O)CN1CCN(c2cccc(C(F)(F)F)c2)CC1. The summed E-state index contributed by atoms with van der Waals surface area (Å²) < 4.78 is 51.9. The van der Waals surface area contributed by atoms with Crippen LogP contribution in [0.5, 0.6) is 0 Å². The van der Waals surface area contributed by atoms with Crippen molar-refractivity contribution in [2.45, 2.75) is 19.6 Å². The Kier molecular flexibility index (Phi) is 8.49. The van der Waals surface area contributed by atoms with Crippen molar-refractivity contribution in [3.05, 3.63) is 65.5 Å². The molecule has 1 saturated heterocycles. The molecule has 3 rings (SSSR count). The first-order valence-corrected chi connectivity index (χ1v) is 11.1. The Balaban J connectivity index is 1.45. The molecule has 6 nitrogen and oxygen atoms in total. The van der Waals surface area contributed by atoms with Crippen LogP contribution >= 0.6 is 0 Å². The van der Waals surface area contributed by atoms with Gasteiger partial charge >= 0.3 is 6.18 Å². The van der Waals surface area contributed by atoms with Crippen LogP contribution in [-0.4, -0.2) is 67.4 Å². The topological polar surface area (TPSA) is 55.9 Å². The van der Waals surface area contributed by atoms with Gasteiger partial charge in [-0.05, 0) is 42.8 Å². The second-order valence-corrected chi connectivity index (χ2v) is 8.12. The van der Waals surface area contributed by atoms with Gasteiger partial charge in [0.15, 0.2) is 0 Å². The van der Waals surface area contributed by atoms with Crippen molar-refractivity contribution in [3.8, 4) is 0 Å². The van der Waals surface area contributed by atoms with Crippen LogP contribution < -0.4 is 10.2 Å². The number of likely N-dealkylation sites (N-methyl/N-ethyl adjacent to an activating group) is 1. The molecule has 0 unspecified atom stereocenters. The van der Waals surface area contributed by atoms with Crippen molar-refractivity contribution < 1.29 is 27.2 Å². The van der Waals surface area contributed by atoms with Crippen LogP contribution in [0.2, 0.25) is 0 Å². The number of benzene rings is 2. The molecule has 10 heteroatoms. The Hall–Kier alpha value is -3.14. The lowest BCUT2D eigenvalue weighted by molar-refractivity contribution is -0.137. The summed E-state index contributed by atoms with van der Waals surface area (Å²) in [7, 11) is 0. The molecule has 184 valence electrons. The molecular weight excluding hydrogens is 452 g/mol. The zero-order chi connectivity index (χ0) is 24.7. The molecule has 0 spiro atoms. The molecule has 0 aliphatic carbocycles. The van der Waals surface area contributed by atoms with E-state index in [1.807, 2.05) is 9.80 Å². The van der Waals surface area contributed by atoms with Gasteiger partial charge in [0.1, 0.15) is 5.82 Å². The van der Waals surface area contributed by atoms with E-state index < -0.39 is 11.7 Å². The minimum absolute atomic E-state index is 0.0826. The van der Waals surface area contributed by atoms with Gasteiger partial charge < -0.3 is 15.1 Å². The Morgan fingerprint density at radius 1 is 1.03 bits per heavy atom. The molecule has 1 N–H and O–H groups in total. The van der Waals surface area contributed by atoms with Gasteiger partial charge in [-0.2, -0.15) is 13.2 Å². The highest BCUT2D eigenvalue weighted by molar-refractivity contribution is 5.85. The molecule has 1 fully saturated rings. The summed E-state index contributed by atoms with van der Waals surface area (Å²) in [5, 5.41) is 2.73. The highest BCUT2D eigenvalue weighted by Gasteiger charge is 2.31. The summed E-state index contributed by atoms with van der Waals surface area (Å²) in [6.45, 7) is 4.49. The fourth-order valence-corrected chi connectivity index (χ4v) is 3.74. The molecule has 0 radical (unpaired) electrons. The van der Waals surface area contributed by atoms with Crippen molar-refractivity contribution >= 4 is 17.5 Å². The van der Waals surface area contributed by atoms with Gasteiger partial charge in [0.2, 0.25) is 11.8 Å². The van der Waals surface area contributed by atoms with E-state index in [1.165, 1.54) is 23.1 Å². The van der Waals surface area contributed by atoms with Crippen LogP contribution in [0.25, 0.3) is 0 Å². The molecule has 2 amide bonds. The van der Waals surface area contributed by atoms with E-state index in [0.29, 0.717) is 38.4 Å². The van der Waals surface area contributed by atoms with Crippen LogP contribution in [-0.2, 0) is 22.3 Å². The van der Waals surface area contributed by atoms with Gasteiger partial charge in [0.25, 0.3) is 0 Å². The number of hydrogen-bond donors (Lipinski definition) is 1. The molecule has 0 bridgehead atoms. The molecule has 1 heterocycles. The fourth-order valence-electron chi connectivity index (χ4n) is 3.74. The number of nitrogens with zero attached hydrogens (tertiary/aromatic N) is 3. The number of hydrogen-bond acceptors (Lipinski definition) is 4. The number of rotatable bonds is 8. The number of alkyl halides is 3. The van der Waals surface area contributed by atoms with Crippen molar-refractivity contribution in [2.75, 3.05) is 50.7 Å². The zero-order valence-corrected chi connectivity index (χ0v) is 18.9. The lowest BCUT2D eigenvalue weighted by Crippen LogP contribution is -2.51. The molecule has 1 aliphatic rings. The molecule has 0 atom stereocenters. The number of piperazine rings is 1. The van der Waals surface area contributed by atoms with Gasteiger partial charge in [-0.15, -0.1) is 0 Å². The Bertz CT molecular complexity index is 974. The minimum atomic E-state index is -4.39. The number of carbonyl (C=O) groups excluding carboxylic acids is 2. The van der Waals surface area contributed by atoms with Gasteiger partial charge in [-0.25, -0.2) is 4.39 Å². The third kappa shape index (κ3) is 7.18. The van der Waals surface area contributed by atoms with Gasteiger partial charge in [-0.1, -0.05) is 18.2 Å². The summed E-state index contributed by atoms with van der Waals surface area (Å²) in [6, 6.07) is 11.0. The first-order valence-electron chi connectivity index (χ1n) is 11.1. The number of amides is 2. The summed E-state index contributed by atoms with van der Waals surface area (Å²) >= 11 is 0. The highest BCUT2D eigenvalue weighted by Crippen LogP contribution is 2.31. The van der Waals surface area contributed by atoms with Crippen LogP contribution in [0.15, 0.2) is 48.5 Å². The summed E-state index contributed by atoms with van der Waals surface area (Å²) in [4.78, 5) is 30.3. The molecule has 2 aromatic rings. The summed E-state index contributed by atoms with van der Waals surface area (Å²) in [5.41, 5.74) is 0.579. The minimum Gasteiger partial charge on any atom is -0.369 e. The fraction of sp³-hybridized carbons (Fsp3) is 0.417. The zero-order valence-electron chi connectivity index (χ0n) is 18.9. The molecule has 2 aromatic carbocycles. The Labute approximate surface area is 196 Å². The maximum absolute atomic E-state index is 13.0. The second-order valence-electron chi connectivity index (χ2n) is 8.12. The predicted octanol–water partition coefficient (Wildman–Crippen LogP) is 3.13. The van der Waals surface area contributed by atoms with Crippen LogP contribution in [0.3, 0.4) is 0 Å². The van der Waals surface area contributed by atoms with E-state index in [2.05, 4.69) is 5.32 Å². The average molecular weight is 481 g/mol. The van der Waals surface area contributed by atoms with Gasteiger partial charge in [-0.3, -0.25) is 14.5 Å². The Morgan fingerprint density at radius 3 is 2.32 bits per heavy atom. The molecule has 1 aliphatic heterocycles. The van der Waals surface area contributed by atoms with Gasteiger partial charge in [0.05, 0.1) is 18.7 Å². The molecule has 0 saturated carbocycles. The molecular formula is C24H28F4N4O2. The van der Waals surface area contributed by atoms with E-state index in [0.717, 1.165) is 17.7 Å². The van der Waals surface area contributed by atoms with Gasteiger partial charge in [0, 0.05) is 45.0 Å². The Morgan fingerprint density at radius 2 is 1.71 bits per heavy atom. The monoisotopic (exact) mass is 480 g/mol. The average Bonchev–Trinajstić information content (AvgIpc) is 2.82. The molecule has 0 aromatic heterocycles. The normalized spacial score (nSPS) is 14.7. The quantitative estimate of drug-likeness (QED) is 0.590. The van der Waals surface area contributed by atoms with Crippen molar-refractivity contribution in [1.29, 1.82) is 0 Å². The third-order valence-corrected chi connectivity index (χ3v) is 5.74. The standard InChI is InChI=1S/C24H28F4N4O2/c1-2-31(16-22(33)29-15-18-6-8-20(25)9-7-18)23(34)17-30-10-12-32(13-11-30)21-5-3-4-19(14-21)24(26,27)28/h3-9,14H,2,10-13,15-17H2,1H3,(H,29,33). The lowest BCUT2D eigenvalue weighted by atomic mass is 10.1. The largest absolute Gasteiger partial charge is 0.416 e. The van der Waals surface area contributed by atoms with E-state index in [1.54, 1.807) is 25.1 Å². The smallest absolute Gasteiger partial charge is 0.369 e. The van der Waals surface area contributed by atoms with E-state index >= 15 is 0 Å². The van der Waals surface area contributed by atoms with E-state index in [4.69, 9.17) is 0 Å². The van der Waals surface area contributed by atoms with Crippen molar-refractivity contribution in [2.24, 2.45) is 0 Å². The van der Waals surface area contributed by atoms with Crippen LogP contribution in [0.4, 0.5) is 23.2 Å². The first-order chi connectivity index (χ1) is 16.2. The molecule has 34 heavy (non-hydrogen) atoms. The summed E-state index contributed by atoms with van der Waals surface area (Å²) in [6.07, 6.45) is -4.39. The van der Waals surface area contributed by atoms with Crippen LogP contribution in [0, 0.1) is 5.82 Å². The summed E-state index contributed by atoms with van der Waals surface area (Å²) in [5.74, 6) is -0.852. The van der Waals surface area contributed by atoms with Crippen LogP contribution in [0.1, 0.15) is 18.1 Å². The number of anilines is 1. The van der Waals surface area contributed by atoms with E-state index in [-0.39, 0.29) is 37.3 Å². The maximum atomic E-state index is 13.0.